The molecule has 1 fully saturated rings. The van der Waals surface area contributed by atoms with Gasteiger partial charge in [-0.2, -0.15) is 4.31 Å². The van der Waals surface area contributed by atoms with Crippen LogP contribution in [0.2, 0.25) is 0 Å². The molecule has 1 aliphatic heterocycles. The van der Waals surface area contributed by atoms with Crippen LogP contribution in [0.1, 0.15) is 43.7 Å². The third-order valence-corrected chi connectivity index (χ3v) is 7.36. The molecule has 0 aliphatic carbocycles. The minimum Gasteiger partial charge on any atom is -0.550 e. The van der Waals surface area contributed by atoms with E-state index in [1.807, 2.05) is 12.2 Å². The van der Waals surface area contributed by atoms with Crippen molar-refractivity contribution in [1.29, 1.82) is 0 Å². The van der Waals surface area contributed by atoms with Crippen molar-refractivity contribution in [2.24, 2.45) is 5.92 Å². The van der Waals surface area contributed by atoms with Crippen LogP contribution in [0.15, 0.2) is 65.6 Å². The average molecular weight is 470 g/mol. The van der Waals surface area contributed by atoms with Crippen LogP contribution >= 0.6 is 0 Å². The van der Waals surface area contributed by atoms with Gasteiger partial charge in [-0.15, -0.1) is 0 Å². The Labute approximate surface area is 210 Å². The molecule has 1 aliphatic rings. The number of allylic oxidation sites excluding steroid dienone is 2. The molecule has 0 bridgehead atoms. The second kappa shape index (κ2) is 12.0. The van der Waals surface area contributed by atoms with Crippen molar-refractivity contribution in [2.45, 2.75) is 43.0 Å². The van der Waals surface area contributed by atoms with Gasteiger partial charge >= 0.3 is 29.6 Å². The Morgan fingerprint density at radius 1 is 1.19 bits per heavy atom. The predicted molar refractivity (Wildman–Crippen MR) is 112 cm³/mol. The normalized spacial score (nSPS) is 19.2. The van der Waals surface area contributed by atoms with Gasteiger partial charge in [0.15, 0.2) is 0 Å². The summed E-state index contributed by atoms with van der Waals surface area (Å²) in [6.45, 7) is 0.309. The predicted octanol–water partition coefficient (Wildman–Crippen LogP) is 0.154. The number of phenolic OH excluding ortho intramolecular Hbond substituents is 1. The van der Waals surface area contributed by atoms with E-state index in [4.69, 9.17) is 0 Å². The van der Waals surface area contributed by atoms with E-state index in [9.17, 15) is 27.8 Å². The molecule has 1 saturated heterocycles. The monoisotopic (exact) mass is 469 g/mol. The third-order valence-electron chi connectivity index (χ3n) is 5.47. The van der Waals surface area contributed by atoms with E-state index in [1.165, 1.54) is 22.5 Å². The summed E-state index contributed by atoms with van der Waals surface area (Å²) in [5, 5.41) is 20.4. The van der Waals surface area contributed by atoms with Gasteiger partial charge in [-0.1, -0.05) is 24.3 Å². The number of halogens is 1. The Hall–Kier alpha value is -1.71. The van der Waals surface area contributed by atoms with Crippen LogP contribution < -0.4 is 34.7 Å². The number of hydrogen-bond donors (Lipinski definition) is 1. The Morgan fingerprint density at radius 2 is 1.91 bits per heavy atom. The van der Waals surface area contributed by atoms with E-state index in [0.29, 0.717) is 37.8 Å². The number of nitrogens with zero attached hydrogens (tertiary/aromatic N) is 1. The van der Waals surface area contributed by atoms with Crippen molar-refractivity contribution in [1.82, 2.24) is 4.31 Å². The molecule has 166 valence electrons. The average Bonchev–Trinajstić information content (AvgIpc) is 3.15. The fourth-order valence-electron chi connectivity index (χ4n) is 3.98. The topological polar surface area (TPSA) is 97.7 Å². The third kappa shape index (κ3) is 6.65. The van der Waals surface area contributed by atoms with Crippen LogP contribution in [0.25, 0.3) is 0 Å². The summed E-state index contributed by atoms with van der Waals surface area (Å²) in [4.78, 5) is 10.5. The summed E-state index contributed by atoms with van der Waals surface area (Å²) in [7, 11) is -3.86. The molecule has 0 aromatic heterocycles. The van der Waals surface area contributed by atoms with Gasteiger partial charge < -0.3 is 15.0 Å². The van der Waals surface area contributed by atoms with Crippen molar-refractivity contribution in [2.75, 3.05) is 6.54 Å². The van der Waals surface area contributed by atoms with Gasteiger partial charge in [0.2, 0.25) is 10.0 Å². The number of carboxylic acid groups (broad SMARTS) is 1. The van der Waals surface area contributed by atoms with Crippen molar-refractivity contribution >= 4 is 16.0 Å². The number of benzene rings is 2. The Bertz CT molecular complexity index is 1040. The molecule has 2 aromatic carbocycles. The van der Waals surface area contributed by atoms with Gasteiger partial charge in [0.1, 0.15) is 11.6 Å². The van der Waals surface area contributed by atoms with Crippen LogP contribution in [0, 0.1) is 11.7 Å². The number of sulfonamides is 1. The molecule has 0 amide bonds. The van der Waals surface area contributed by atoms with Crippen LogP contribution in [0.3, 0.4) is 0 Å². The zero-order valence-electron chi connectivity index (χ0n) is 18.0. The minimum absolute atomic E-state index is 0. The van der Waals surface area contributed by atoms with Gasteiger partial charge in [-0.25, -0.2) is 12.8 Å². The molecular weight excluding hydrogens is 444 g/mol. The number of aromatic hydroxyl groups is 1. The Balaban J connectivity index is 0.00000363. The van der Waals surface area contributed by atoms with Crippen molar-refractivity contribution in [3.8, 4) is 5.75 Å². The summed E-state index contributed by atoms with van der Waals surface area (Å²) in [6, 6.07) is 10.9. The second-order valence-electron chi connectivity index (χ2n) is 7.63. The van der Waals surface area contributed by atoms with Crippen LogP contribution in [0.5, 0.6) is 5.75 Å². The number of carbonyl (C=O) groups excluding carboxylic acids is 1. The number of aliphatic carboxylic acids is 1. The SMILES string of the molecule is O=C([O-])CCC/C=C\C[C@H]1CCN(S(=O)(=O)c2ccc(F)cc2)[C@H]1c1cccc(O)c1.[Na+]. The molecule has 2 aromatic rings. The molecule has 0 spiro atoms. The first kappa shape index (κ1) is 26.5. The first-order valence-electron chi connectivity index (χ1n) is 10.2. The van der Waals surface area contributed by atoms with E-state index < -0.39 is 27.9 Å². The van der Waals surface area contributed by atoms with Crippen molar-refractivity contribution < 1.29 is 57.4 Å². The largest absolute Gasteiger partial charge is 1.00 e. The number of hydrogen-bond acceptors (Lipinski definition) is 5. The summed E-state index contributed by atoms with van der Waals surface area (Å²) >= 11 is 0. The first-order chi connectivity index (χ1) is 14.8. The van der Waals surface area contributed by atoms with Crippen LogP contribution in [-0.2, 0) is 14.8 Å². The quantitative estimate of drug-likeness (QED) is 0.321. The van der Waals surface area contributed by atoms with Crippen molar-refractivity contribution in [3.63, 3.8) is 0 Å². The van der Waals surface area contributed by atoms with Crippen LogP contribution in [0.4, 0.5) is 4.39 Å². The fourth-order valence-corrected chi connectivity index (χ4v) is 5.67. The van der Waals surface area contributed by atoms with Gasteiger partial charge in [-0.05, 0) is 80.0 Å². The molecule has 0 saturated carbocycles. The van der Waals surface area contributed by atoms with Gasteiger partial charge in [0.05, 0.1) is 10.9 Å². The van der Waals surface area contributed by atoms with Gasteiger partial charge in [0.25, 0.3) is 0 Å². The molecular formula is C23H25FNNaO5S. The summed E-state index contributed by atoms with van der Waals surface area (Å²) in [6.07, 6.45) is 6.19. The molecule has 32 heavy (non-hydrogen) atoms. The first-order valence-corrected chi connectivity index (χ1v) is 11.6. The molecule has 9 heteroatoms. The molecule has 1 heterocycles. The summed E-state index contributed by atoms with van der Waals surface area (Å²) in [5.41, 5.74) is 0.693. The molecule has 0 unspecified atom stereocenters. The van der Waals surface area contributed by atoms with E-state index >= 15 is 0 Å². The van der Waals surface area contributed by atoms with Crippen LogP contribution in [-0.4, -0.2) is 30.3 Å². The minimum atomic E-state index is -3.86. The van der Waals surface area contributed by atoms with Crippen molar-refractivity contribution in [3.05, 3.63) is 72.1 Å². The summed E-state index contributed by atoms with van der Waals surface area (Å²) in [5.74, 6) is -1.55. The maximum absolute atomic E-state index is 13.3. The van der Waals surface area contributed by atoms with E-state index in [2.05, 4.69) is 0 Å². The van der Waals surface area contributed by atoms with E-state index in [0.717, 1.165) is 12.1 Å². The Kier molecular flexibility index (Phi) is 9.91. The number of unbranched alkanes of at least 4 members (excludes halogenated alkanes) is 1. The number of rotatable bonds is 9. The molecule has 2 atom stereocenters. The molecule has 0 radical (unpaired) electrons. The summed E-state index contributed by atoms with van der Waals surface area (Å²) < 4.78 is 41.3. The second-order valence-corrected chi connectivity index (χ2v) is 9.52. The smallest absolute Gasteiger partial charge is 0.550 e. The number of phenols is 1. The Morgan fingerprint density at radius 3 is 2.56 bits per heavy atom. The maximum Gasteiger partial charge on any atom is 1.00 e. The molecule has 1 N–H and O–H groups in total. The number of carboxylic acids is 1. The molecule has 3 rings (SSSR count). The zero-order valence-corrected chi connectivity index (χ0v) is 20.8. The standard InChI is InChI=1S/C23H26FNO5S.Na/c24-19-10-12-21(13-11-19)31(29,30)25-15-14-17(6-3-1-2-4-9-22(27)28)23(25)18-7-5-8-20(26)16-18;/h1,3,5,7-8,10-13,16-17,23,26H,2,4,6,9,14-15H2,(H,27,28);/q;+1/p-1/b3-1-;/t17-,23+;/m0./s1. The van der Waals surface area contributed by atoms with E-state index in [-0.39, 0.29) is 52.5 Å². The number of carbonyl (C=O) groups is 1. The molecule has 6 nitrogen and oxygen atoms in total. The van der Waals surface area contributed by atoms with E-state index in [1.54, 1.807) is 18.2 Å². The van der Waals surface area contributed by atoms with Gasteiger partial charge in [0, 0.05) is 12.5 Å². The zero-order chi connectivity index (χ0) is 22.4. The van der Waals surface area contributed by atoms with Gasteiger partial charge in [-0.3, -0.25) is 0 Å². The fraction of sp³-hybridized carbons (Fsp3) is 0.348. The maximum atomic E-state index is 13.3.